The monoisotopic (exact) mass is 574 g/mol. The van der Waals surface area contributed by atoms with Gasteiger partial charge in [-0.2, -0.15) is 0 Å². The van der Waals surface area contributed by atoms with Crippen LogP contribution in [0.5, 0.6) is 0 Å². The molecule has 0 N–H and O–H groups in total. The minimum atomic E-state index is -0.564. The van der Waals surface area contributed by atoms with Gasteiger partial charge in [0.25, 0.3) is 0 Å². The molecule has 1 unspecified atom stereocenters. The van der Waals surface area contributed by atoms with Gasteiger partial charge in [0.1, 0.15) is 6.61 Å². The van der Waals surface area contributed by atoms with Crippen molar-refractivity contribution in [3.05, 3.63) is 130 Å². The molecule has 0 amide bonds. The first-order chi connectivity index (χ1) is 20.9. The normalized spacial score (nSPS) is 12.9. The average Bonchev–Trinajstić information content (AvgIpc) is 3.35. The van der Waals surface area contributed by atoms with Crippen molar-refractivity contribution in [3.63, 3.8) is 0 Å². The Kier molecular flexibility index (Phi) is 10.1. The lowest BCUT2D eigenvalue weighted by Crippen LogP contribution is -2.25. The Hall–Kier alpha value is -4.18. The Balaban J connectivity index is 1.30. The van der Waals surface area contributed by atoms with Crippen LogP contribution >= 0.6 is 0 Å². The van der Waals surface area contributed by atoms with Crippen molar-refractivity contribution in [2.45, 2.75) is 71.3 Å². The molecule has 0 saturated heterocycles. The SMILES string of the molecule is CCCCCCC(CC(=O)OCC1c2ccccc2-c2ccccc21)C(=O)OC(c1ccc(C)cc1)c1ccc(C)cc1. The van der Waals surface area contributed by atoms with Crippen molar-refractivity contribution in [2.75, 3.05) is 6.61 Å². The van der Waals surface area contributed by atoms with E-state index in [9.17, 15) is 9.59 Å². The summed E-state index contributed by atoms with van der Waals surface area (Å²) < 4.78 is 12.1. The number of benzene rings is 4. The highest BCUT2D eigenvalue weighted by atomic mass is 16.5. The molecule has 4 aromatic carbocycles. The fraction of sp³-hybridized carbons (Fsp3) is 0.333. The molecule has 0 fully saturated rings. The summed E-state index contributed by atoms with van der Waals surface area (Å²) in [4.78, 5) is 27.1. The van der Waals surface area contributed by atoms with Gasteiger partial charge in [-0.15, -0.1) is 0 Å². The predicted molar refractivity (Wildman–Crippen MR) is 172 cm³/mol. The van der Waals surface area contributed by atoms with Gasteiger partial charge in [-0.3, -0.25) is 9.59 Å². The summed E-state index contributed by atoms with van der Waals surface area (Å²) in [6, 6.07) is 32.8. The van der Waals surface area contributed by atoms with Crippen LogP contribution in [0.3, 0.4) is 0 Å². The van der Waals surface area contributed by atoms with Crippen molar-refractivity contribution in [1.29, 1.82) is 0 Å². The zero-order chi connectivity index (χ0) is 30.2. The molecule has 4 heteroatoms. The van der Waals surface area contributed by atoms with Crippen LogP contribution in [0.1, 0.15) is 90.9 Å². The molecule has 1 aliphatic rings. The van der Waals surface area contributed by atoms with Gasteiger partial charge in [0.15, 0.2) is 6.10 Å². The van der Waals surface area contributed by atoms with Crippen LogP contribution in [0.2, 0.25) is 0 Å². The van der Waals surface area contributed by atoms with E-state index < -0.39 is 12.0 Å². The number of rotatable bonds is 13. The maximum Gasteiger partial charge on any atom is 0.310 e. The van der Waals surface area contributed by atoms with Gasteiger partial charge in [-0.05, 0) is 53.6 Å². The summed E-state index contributed by atoms with van der Waals surface area (Å²) in [6.07, 6.45) is 4.14. The van der Waals surface area contributed by atoms with Crippen LogP contribution in [0.25, 0.3) is 11.1 Å². The molecule has 4 nitrogen and oxygen atoms in total. The molecule has 0 aliphatic heterocycles. The van der Waals surface area contributed by atoms with Crippen LogP contribution < -0.4 is 0 Å². The summed E-state index contributed by atoms with van der Waals surface area (Å²) in [7, 11) is 0. The van der Waals surface area contributed by atoms with Crippen LogP contribution in [0.4, 0.5) is 0 Å². The van der Waals surface area contributed by atoms with Gasteiger partial charge in [-0.1, -0.05) is 141 Å². The smallest absolute Gasteiger partial charge is 0.310 e. The number of carbonyl (C=O) groups is 2. The van der Waals surface area contributed by atoms with E-state index in [1.54, 1.807) is 0 Å². The minimum Gasteiger partial charge on any atom is -0.465 e. The van der Waals surface area contributed by atoms with Crippen LogP contribution in [0, 0.1) is 19.8 Å². The molecule has 1 aliphatic carbocycles. The third kappa shape index (κ3) is 7.43. The Labute approximate surface area is 256 Å². The largest absolute Gasteiger partial charge is 0.465 e. The molecule has 222 valence electrons. The molecule has 0 radical (unpaired) electrons. The molecule has 4 aromatic rings. The number of esters is 2. The highest BCUT2D eigenvalue weighted by molar-refractivity contribution is 5.81. The van der Waals surface area contributed by atoms with Gasteiger partial charge in [-0.25, -0.2) is 0 Å². The first kappa shape index (κ1) is 30.3. The molecule has 0 bridgehead atoms. The second-order valence-electron chi connectivity index (χ2n) is 11.8. The summed E-state index contributed by atoms with van der Waals surface area (Å²) in [5.41, 5.74) is 8.83. The molecule has 0 spiro atoms. The fourth-order valence-electron chi connectivity index (χ4n) is 6.02. The molecule has 0 saturated carbocycles. The third-order valence-electron chi connectivity index (χ3n) is 8.52. The lowest BCUT2D eigenvalue weighted by atomic mass is 9.96. The first-order valence-electron chi connectivity index (χ1n) is 15.6. The maximum absolute atomic E-state index is 13.8. The zero-order valence-corrected chi connectivity index (χ0v) is 25.6. The second-order valence-corrected chi connectivity index (χ2v) is 11.8. The van der Waals surface area contributed by atoms with Crippen molar-refractivity contribution < 1.29 is 19.1 Å². The lowest BCUT2D eigenvalue weighted by molar-refractivity contribution is -0.158. The standard InChI is InChI=1S/C39H42O4/c1-4-5-6-7-12-31(39(41)43-38(29-21-17-27(2)18-22-29)30-23-19-28(3)20-24-30)25-37(40)42-26-36-34-15-10-8-13-32(34)33-14-9-11-16-35(33)36/h8-11,13-24,31,36,38H,4-7,12,25-26H2,1-3H3. The number of unbranched alkanes of at least 4 members (excludes halogenated alkanes) is 3. The van der Waals surface area contributed by atoms with E-state index in [0.717, 1.165) is 47.9 Å². The van der Waals surface area contributed by atoms with Crippen molar-refractivity contribution in [2.24, 2.45) is 5.92 Å². The Morgan fingerprint density at radius 3 is 1.77 bits per heavy atom. The van der Waals surface area contributed by atoms with Crippen molar-refractivity contribution >= 4 is 11.9 Å². The van der Waals surface area contributed by atoms with E-state index >= 15 is 0 Å². The van der Waals surface area contributed by atoms with Gasteiger partial charge in [0.05, 0.1) is 12.3 Å². The van der Waals surface area contributed by atoms with E-state index in [0.29, 0.717) is 6.42 Å². The summed E-state index contributed by atoms with van der Waals surface area (Å²) in [5, 5.41) is 0. The highest BCUT2D eigenvalue weighted by Gasteiger charge is 2.31. The summed E-state index contributed by atoms with van der Waals surface area (Å²) >= 11 is 0. The van der Waals surface area contributed by atoms with E-state index in [2.05, 4.69) is 31.2 Å². The van der Waals surface area contributed by atoms with E-state index in [4.69, 9.17) is 9.47 Å². The Morgan fingerprint density at radius 2 is 1.23 bits per heavy atom. The van der Waals surface area contributed by atoms with Crippen LogP contribution in [0.15, 0.2) is 97.1 Å². The molecule has 1 atom stereocenters. The average molecular weight is 575 g/mol. The Morgan fingerprint density at radius 1 is 0.698 bits per heavy atom. The predicted octanol–water partition coefficient (Wildman–Crippen LogP) is 9.27. The number of hydrogen-bond donors (Lipinski definition) is 0. The third-order valence-corrected chi connectivity index (χ3v) is 8.52. The van der Waals surface area contributed by atoms with Gasteiger partial charge < -0.3 is 9.47 Å². The first-order valence-corrected chi connectivity index (χ1v) is 15.6. The molecular weight excluding hydrogens is 532 g/mol. The maximum atomic E-state index is 13.8. The molecule has 0 aromatic heterocycles. The number of carbonyl (C=O) groups excluding carboxylic acids is 2. The quantitative estimate of drug-likeness (QED) is 0.118. The Bertz CT molecular complexity index is 1430. The van der Waals surface area contributed by atoms with E-state index in [-0.39, 0.29) is 30.9 Å². The van der Waals surface area contributed by atoms with Crippen LogP contribution in [-0.2, 0) is 19.1 Å². The second kappa shape index (κ2) is 14.3. The van der Waals surface area contributed by atoms with Crippen molar-refractivity contribution in [1.82, 2.24) is 0 Å². The topological polar surface area (TPSA) is 52.6 Å². The van der Waals surface area contributed by atoms with Crippen LogP contribution in [-0.4, -0.2) is 18.5 Å². The highest BCUT2D eigenvalue weighted by Crippen LogP contribution is 2.44. The molecular formula is C39H42O4. The lowest BCUT2D eigenvalue weighted by Gasteiger charge is -2.23. The number of ether oxygens (including phenoxy) is 2. The number of aryl methyl sites for hydroxylation is 2. The van der Waals surface area contributed by atoms with Crippen molar-refractivity contribution in [3.8, 4) is 11.1 Å². The van der Waals surface area contributed by atoms with Gasteiger partial charge in [0.2, 0.25) is 0 Å². The van der Waals surface area contributed by atoms with Gasteiger partial charge in [0, 0.05) is 5.92 Å². The number of fused-ring (bicyclic) bond motifs is 3. The zero-order valence-electron chi connectivity index (χ0n) is 25.6. The van der Waals surface area contributed by atoms with Gasteiger partial charge >= 0.3 is 11.9 Å². The fourth-order valence-corrected chi connectivity index (χ4v) is 6.02. The molecule has 43 heavy (non-hydrogen) atoms. The summed E-state index contributed by atoms with van der Waals surface area (Å²) in [5.74, 6) is -1.29. The summed E-state index contributed by atoms with van der Waals surface area (Å²) in [6.45, 7) is 6.49. The molecule has 5 rings (SSSR count). The number of hydrogen-bond acceptors (Lipinski definition) is 4. The molecule has 0 heterocycles. The van der Waals surface area contributed by atoms with E-state index in [1.165, 1.54) is 22.3 Å². The van der Waals surface area contributed by atoms with E-state index in [1.807, 2.05) is 86.6 Å². The minimum absolute atomic E-state index is 0.00941.